The van der Waals surface area contributed by atoms with Gasteiger partial charge in [-0.1, -0.05) is 21.6 Å². The summed E-state index contributed by atoms with van der Waals surface area (Å²) in [6, 6.07) is 10.7. The first kappa shape index (κ1) is 34.3. The first-order valence-electron chi connectivity index (χ1n) is 13.3. The van der Waals surface area contributed by atoms with Crippen LogP contribution in [0.5, 0.6) is 0 Å². The number of benzene rings is 2. The summed E-state index contributed by atoms with van der Waals surface area (Å²) in [4.78, 5) is 29.1. The molecule has 0 aliphatic rings. The van der Waals surface area contributed by atoms with Crippen molar-refractivity contribution in [2.75, 3.05) is 104 Å². The lowest BCUT2D eigenvalue weighted by molar-refractivity contribution is -0.115. The molecule has 0 aliphatic heterocycles. The fraction of sp³-hybridized carbons (Fsp3) is 0.481. The van der Waals surface area contributed by atoms with E-state index in [1.807, 2.05) is 46.8 Å². The Morgan fingerprint density at radius 2 is 1.24 bits per heavy atom. The minimum atomic E-state index is -0.164. The number of carbonyl (C=O) groups excluding carboxylic acids is 2. The largest absolute Gasteiger partial charge is 0.382 e. The van der Waals surface area contributed by atoms with E-state index >= 15 is 0 Å². The van der Waals surface area contributed by atoms with Gasteiger partial charge in [0.25, 0.3) is 0 Å². The van der Waals surface area contributed by atoms with Crippen molar-refractivity contribution in [2.24, 2.45) is 0 Å². The third-order valence-electron chi connectivity index (χ3n) is 6.13. The second-order valence-electron chi connectivity index (χ2n) is 9.68. The van der Waals surface area contributed by atoms with Gasteiger partial charge in [-0.3, -0.25) is 31.0 Å². The van der Waals surface area contributed by atoms with E-state index in [0.29, 0.717) is 22.7 Å². The fourth-order valence-corrected chi connectivity index (χ4v) is 6.02. The first-order valence-corrected chi connectivity index (χ1v) is 15.8. The van der Waals surface area contributed by atoms with E-state index in [1.165, 1.54) is 13.8 Å². The molecular formula is C27H44N8O4S2. The number of rotatable bonds is 19. The van der Waals surface area contributed by atoms with Crippen molar-refractivity contribution in [3.05, 3.63) is 36.4 Å². The van der Waals surface area contributed by atoms with Gasteiger partial charge in [0.05, 0.1) is 22.7 Å². The van der Waals surface area contributed by atoms with Crippen LogP contribution in [-0.2, 0) is 9.59 Å². The highest BCUT2D eigenvalue weighted by Gasteiger charge is 2.10. The minimum absolute atomic E-state index is 0.160. The van der Waals surface area contributed by atoms with E-state index in [2.05, 4.69) is 55.7 Å². The quantitative estimate of drug-likeness (QED) is 0.0703. The smallest absolute Gasteiger partial charge is 0.221 e. The van der Waals surface area contributed by atoms with Gasteiger partial charge in [-0.25, -0.2) is 0 Å². The van der Waals surface area contributed by atoms with Gasteiger partial charge in [-0.15, -0.1) is 0 Å². The van der Waals surface area contributed by atoms with Crippen molar-refractivity contribution in [3.63, 3.8) is 0 Å². The maximum atomic E-state index is 11.3. The number of anilines is 6. The molecule has 0 bridgehead atoms. The van der Waals surface area contributed by atoms with Gasteiger partial charge in [-0.05, 0) is 50.5 Å². The maximum Gasteiger partial charge on any atom is 0.221 e. The van der Waals surface area contributed by atoms with Crippen LogP contribution in [0.15, 0.2) is 36.4 Å². The van der Waals surface area contributed by atoms with Gasteiger partial charge in [0.15, 0.2) is 0 Å². The van der Waals surface area contributed by atoms with E-state index in [0.717, 1.165) is 62.1 Å². The molecule has 14 heteroatoms. The molecule has 7 N–H and O–H groups in total. The summed E-state index contributed by atoms with van der Waals surface area (Å²) in [7, 11) is 9.92. The molecule has 0 aromatic heterocycles. The number of hydrogen-bond donors (Lipinski definition) is 7. The molecule has 0 unspecified atom stereocenters. The molecule has 0 saturated heterocycles. The molecule has 0 atom stereocenters. The van der Waals surface area contributed by atoms with Gasteiger partial charge in [0.1, 0.15) is 0 Å². The van der Waals surface area contributed by atoms with Gasteiger partial charge in [-0.2, -0.15) is 0 Å². The lowest BCUT2D eigenvalue weighted by atomic mass is 10.2. The number of nitrogens with zero attached hydrogens (tertiary/aromatic N) is 3. The Balaban J connectivity index is 1.59. The second-order valence-corrected chi connectivity index (χ2v) is 12.4. The average Bonchev–Trinajstić information content (AvgIpc) is 2.93. The first-order chi connectivity index (χ1) is 19.6. The van der Waals surface area contributed by atoms with Crippen LogP contribution in [-0.4, -0.2) is 104 Å². The summed E-state index contributed by atoms with van der Waals surface area (Å²) >= 11 is 0. The number of carbonyl (C=O) groups is 2. The van der Waals surface area contributed by atoms with Gasteiger partial charge in [0.2, 0.25) is 11.8 Å². The molecule has 0 fully saturated rings. The summed E-state index contributed by atoms with van der Waals surface area (Å²) in [5, 5.41) is 27.7. The van der Waals surface area contributed by atoms with Crippen LogP contribution in [0.25, 0.3) is 0 Å². The van der Waals surface area contributed by atoms with Crippen LogP contribution >= 0.6 is 21.6 Å². The molecule has 228 valence electrons. The Bertz CT molecular complexity index is 1110. The Hall–Kier alpha value is -2.88. The Kier molecular flexibility index (Phi) is 15.5. The van der Waals surface area contributed by atoms with E-state index in [9.17, 15) is 20.0 Å². The van der Waals surface area contributed by atoms with Gasteiger partial charge < -0.3 is 30.7 Å². The molecule has 2 aromatic carbocycles. The normalized spacial score (nSPS) is 11.0. The van der Waals surface area contributed by atoms with Crippen molar-refractivity contribution in [2.45, 2.75) is 13.8 Å². The Morgan fingerprint density at radius 1 is 0.707 bits per heavy atom. The van der Waals surface area contributed by atoms with Crippen LogP contribution in [0.1, 0.15) is 13.8 Å². The van der Waals surface area contributed by atoms with E-state index in [1.54, 1.807) is 18.2 Å². The average molecular weight is 609 g/mol. The Labute approximate surface area is 250 Å². The molecule has 41 heavy (non-hydrogen) atoms. The fourth-order valence-electron chi connectivity index (χ4n) is 3.86. The predicted molar refractivity (Wildman–Crippen MR) is 174 cm³/mol. The van der Waals surface area contributed by atoms with E-state index in [4.69, 9.17) is 0 Å². The predicted octanol–water partition coefficient (Wildman–Crippen LogP) is 4.00. The SMILES string of the molecule is CC(=O)Nc1ccc(NCCN(C)CCSSCCN(C)CCN(C)c2ccc(NC(C)=O)cc2NO)c(NO)c1. The van der Waals surface area contributed by atoms with Crippen molar-refractivity contribution in [1.29, 1.82) is 0 Å². The number of amides is 2. The molecule has 0 saturated carbocycles. The van der Waals surface area contributed by atoms with Crippen LogP contribution in [0.4, 0.5) is 34.1 Å². The lowest BCUT2D eigenvalue weighted by Crippen LogP contribution is -2.32. The molecule has 0 aliphatic carbocycles. The third-order valence-corrected chi connectivity index (χ3v) is 8.50. The molecular weight excluding hydrogens is 564 g/mol. The monoisotopic (exact) mass is 608 g/mol. The minimum Gasteiger partial charge on any atom is -0.382 e. The van der Waals surface area contributed by atoms with Gasteiger partial charge >= 0.3 is 0 Å². The molecule has 0 heterocycles. The van der Waals surface area contributed by atoms with Crippen molar-refractivity contribution < 1.29 is 20.0 Å². The number of nitrogens with one attached hydrogen (secondary N) is 5. The van der Waals surface area contributed by atoms with Crippen molar-refractivity contribution >= 4 is 67.5 Å². The zero-order valence-corrected chi connectivity index (χ0v) is 26.1. The summed E-state index contributed by atoms with van der Waals surface area (Å²) in [6.45, 7) is 8.06. The van der Waals surface area contributed by atoms with Crippen LogP contribution in [0.2, 0.25) is 0 Å². The van der Waals surface area contributed by atoms with Crippen molar-refractivity contribution in [1.82, 2.24) is 9.80 Å². The third kappa shape index (κ3) is 13.1. The zero-order chi connectivity index (χ0) is 30.2. The van der Waals surface area contributed by atoms with Gasteiger partial charge in [0, 0.05) is 83.0 Å². The lowest BCUT2D eigenvalue weighted by Gasteiger charge is -2.25. The standard InChI is InChI=1S/C27H44N8O4S2/c1-20(36)29-22-6-8-24(25(18-22)31-38)28-10-11-33(3)14-16-40-41-17-15-34(4)12-13-35(5)27-9-7-23(30-21(2)37)19-26(27)32-39/h6-9,18-19,28,31-32,38-39H,10-17H2,1-5H3,(H,29,36)(H,30,37). The highest BCUT2D eigenvalue weighted by atomic mass is 33.1. The maximum absolute atomic E-state index is 11.3. The molecule has 0 spiro atoms. The van der Waals surface area contributed by atoms with E-state index in [-0.39, 0.29) is 11.8 Å². The van der Waals surface area contributed by atoms with Crippen LogP contribution in [0.3, 0.4) is 0 Å². The summed E-state index contributed by atoms with van der Waals surface area (Å²) in [5.41, 5.74) is 8.31. The van der Waals surface area contributed by atoms with Crippen LogP contribution in [0, 0.1) is 0 Å². The second kappa shape index (κ2) is 18.5. The highest BCUT2D eigenvalue weighted by Crippen LogP contribution is 2.28. The topological polar surface area (TPSA) is 144 Å². The highest BCUT2D eigenvalue weighted by molar-refractivity contribution is 8.76. The summed E-state index contributed by atoms with van der Waals surface area (Å²) in [5.74, 6) is 1.72. The number of likely N-dealkylation sites (N-methyl/N-ethyl adjacent to an activating group) is 3. The zero-order valence-electron chi connectivity index (χ0n) is 24.5. The van der Waals surface area contributed by atoms with Crippen molar-refractivity contribution in [3.8, 4) is 0 Å². The molecule has 0 radical (unpaired) electrons. The molecule has 2 aromatic rings. The van der Waals surface area contributed by atoms with E-state index < -0.39 is 0 Å². The number of hydrogen-bond acceptors (Lipinski definition) is 12. The summed E-state index contributed by atoms with van der Waals surface area (Å²) in [6.07, 6.45) is 0. The van der Waals surface area contributed by atoms with Crippen LogP contribution < -0.4 is 31.8 Å². The Morgan fingerprint density at radius 3 is 1.80 bits per heavy atom. The molecule has 2 amide bonds. The molecule has 2 rings (SSSR count). The molecule has 12 nitrogen and oxygen atoms in total. The summed E-state index contributed by atoms with van der Waals surface area (Å²) < 4.78 is 0.